The van der Waals surface area contributed by atoms with Crippen LogP contribution in [0.5, 0.6) is 0 Å². The van der Waals surface area contributed by atoms with Crippen LogP contribution in [0.3, 0.4) is 0 Å². The van der Waals surface area contributed by atoms with Gasteiger partial charge in [-0.2, -0.15) is 0 Å². The van der Waals surface area contributed by atoms with Crippen LogP contribution in [0.25, 0.3) is 0 Å². The lowest BCUT2D eigenvalue weighted by Crippen LogP contribution is -2.43. The zero-order valence-electron chi connectivity index (χ0n) is 14.2. The molecule has 2 heterocycles. The van der Waals surface area contributed by atoms with Gasteiger partial charge in [0.2, 0.25) is 0 Å². The Hall–Kier alpha value is -2.18. The molecule has 6 nitrogen and oxygen atoms in total. The van der Waals surface area contributed by atoms with E-state index in [2.05, 4.69) is 27.5 Å². The Morgan fingerprint density at radius 1 is 1.24 bits per heavy atom. The molecule has 1 atom stereocenters. The third-order valence-electron chi connectivity index (χ3n) is 4.87. The maximum Gasteiger partial charge on any atom is 0.273 e. The molecule has 1 aliphatic heterocycles. The molecular formula is C19H23N3O3. The number of nitrogens with zero attached hydrogens (tertiary/aromatic N) is 2. The summed E-state index contributed by atoms with van der Waals surface area (Å²) in [7, 11) is 0. The topological polar surface area (TPSA) is 67.6 Å². The lowest BCUT2D eigenvalue weighted by Gasteiger charge is -2.34. The van der Waals surface area contributed by atoms with E-state index in [9.17, 15) is 4.79 Å². The van der Waals surface area contributed by atoms with Crippen molar-refractivity contribution < 1.29 is 14.1 Å². The maximum absolute atomic E-state index is 12.4. The molecule has 1 aromatic carbocycles. The first-order chi connectivity index (χ1) is 12.3. The lowest BCUT2D eigenvalue weighted by molar-refractivity contribution is 0.0162. The second kappa shape index (κ2) is 7.37. The van der Waals surface area contributed by atoms with Crippen LogP contribution in [-0.4, -0.2) is 48.8 Å². The van der Waals surface area contributed by atoms with Crippen molar-refractivity contribution in [1.29, 1.82) is 0 Å². The summed E-state index contributed by atoms with van der Waals surface area (Å²) >= 11 is 0. The molecule has 1 aliphatic carbocycles. The van der Waals surface area contributed by atoms with Gasteiger partial charge in [0.15, 0.2) is 5.69 Å². The van der Waals surface area contributed by atoms with E-state index in [4.69, 9.17) is 9.26 Å². The van der Waals surface area contributed by atoms with E-state index in [-0.39, 0.29) is 11.9 Å². The van der Waals surface area contributed by atoms with Gasteiger partial charge in [0.1, 0.15) is 5.76 Å². The van der Waals surface area contributed by atoms with Crippen molar-refractivity contribution >= 4 is 5.91 Å². The molecule has 1 unspecified atom stereocenters. The molecule has 0 spiro atoms. The summed E-state index contributed by atoms with van der Waals surface area (Å²) in [5.41, 5.74) is 1.57. The van der Waals surface area contributed by atoms with Gasteiger partial charge in [-0.3, -0.25) is 9.69 Å². The third kappa shape index (κ3) is 3.91. The largest absolute Gasteiger partial charge is 0.379 e. The van der Waals surface area contributed by atoms with E-state index < -0.39 is 0 Å². The highest BCUT2D eigenvalue weighted by Gasteiger charge is 2.29. The monoisotopic (exact) mass is 341 g/mol. The van der Waals surface area contributed by atoms with E-state index in [1.807, 2.05) is 18.2 Å². The van der Waals surface area contributed by atoms with Gasteiger partial charge in [0.25, 0.3) is 5.91 Å². The second-order valence-electron chi connectivity index (χ2n) is 6.67. The van der Waals surface area contributed by atoms with E-state index in [1.165, 1.54) is 5.56 Å². The standard InChI is InChI=1S/C19H23N3O3/c23-19(16-12-18(25-21-16)15-6-7-15)20-13-17(14-4-2-1-3-5-14)22-8-10-24-11-9-22/h1-5,12,15,17H,6-11,13H2,(H,20,23). The minimum absolute atomic E-state index is 0.129. The smallest absolute Gasteiger partial charge is 0.273 e. The summed E-state index contributed by atoms with van der Waals surface area (Å²) in [6.45, 7) is 3.72. The van der Waals surface area contributed by atoms with Crippen LogP contribution in [0.2, 0.25) is 0 Å². The van der Waals surface area contributed by atoms with E-state index in [0.29, 0.717) is 18.2 Å². The lowest BCUT2D eigenvalue weighted by atomic mass is 10.0. The Kier molecular flexibility index (Phi) is 4.81. The molecule has 2 aromatic rings. The maximum atomic E-state index is 12.4. The van der Waals surface area contributed by atoms with Gasteiger partial charge >= 0.3 is 0 Å². The molecule has 1 N–H and O–H groups in total. The molecule has 4 rings (SSSR count). The number of carbonyl (C=O) groups excluding carboxylic acids is 1. The van der Waals surface area contributed by atoms with Crippen LogP contribution < -0.4 is 5.32 Å². The number of amides is 1. The minimum atomic E-state index is -0.176. The summed E-state index contributed by atoms with van der Waals surface area (Å²) in [4.78, 5) is 14.8. The third-order valence-corrected chi connectivity index (χ3v) is 4.87. The van der Waals surface area contributed by atoms with E-state index in [0.717, 1.165) is 44.9 Å². The number of aromatic nitrogens is 1. The molecule has 2 aliphatic rings. The molecule has 6 heteroatoms. The zero-order chi connectivity index (χ0) is 17.1. The Morgan fingerprint density at radius 2 is 2.00 bits per heavy atom. The average molecular weight is 341 g/mol. The van der Waals surface area contributed by atoms with Crippen molar-refractivity contribution in [3.05, 3.63) is 53.4 Å². The van der Waals surface area contributed by atoms with Gasteiger partial charge in [-0.1, -0.05) is 35.5 Å². The number of hydrogen-bond acceptors (Lipinski definition) is 5. The first kappa shape index (κ1) is 16.3. The fourth-order valence-electron chi connectivity index (χ4n) is 3.26. The fraction of sp³-hybridized carbons (Fsp3) is 0.474. The average Bonchev–Trinajstić information content (AvgIpc) is 3.40. The summed E-state index contributed by atoms with van der Waals surface area (Å²) in [5.74, 6) is 1.11. The number of hydrogen-bond donors (Lipinski definition) is 1. The number of rotatable bonds is 6. The number of carbonyl (C=O) groups is 1. The molecular weight excluding hydrogens is 318 g/mol. The molecule has 1 saturated heterocycles. The van der Waals surface area contributed by atoms with Crippen molar-refractivity contribution in [1.82, 2.24) is 15.4 Å². The SMILES string of the molecule is O=C(NCC(c1ccccc1)N1CCOCC1)c1cc(C2CC2)on1. The quantitative estimate of drug-likeness (QED) is 0.874. The molecule has 1 saturated carbocycles. The predicted molar refractivity (Wildman–Crippen MR) is 92.4 cm³/mol. The summed E-state index contributed by atoms with van der Waals surface area (Å²) in [6.07, 6.45) is 2.26. The van der Waals surface area contributed by atoms with Crippen molar-refractivity contribution in [3.63, 3.8) is 0 Å². The first-order valence-electron chi connectivity index (χ1n) is 8.93. The summed E-state index contributed by atoms with van der Waals surface area (Å²) < 4.78 is 10.7. The van der Waals surface area contributed by atoms with Crippen LogP contribution in [0.15, 0.2) is 40.9 Å². The Labute approximate surface area is 147 Å². The number of nitrogens with one attached hydrogen (secondary N) is 1. The van der Waals surface area contributed by atoms with Crippen LogP contribution in [0.4, 0.5) is 0 Å². The Bertz CT molecular complexity index is 706. The Balaban J connectivity index is 1.43. The molecule has 2 fully saturated rings. The van der Waals surface area contributed by atoms with Gasteiger partial charge in [-0.15, -0.1) is 0 Å². The molecule has 25 heavy (non-hydrogen) atoms. The van der Waals surface area contributed by atoms with Gasteiger partial charge < -0.3 is 14.6 Å². The highest BCUT2D eigenvalue weighted by atomic mass is 16.5. The van der Waals surface area contributed by atoms with Crippen LogP contribution in [0, 0.1) is 0 Å². The van der Waals surface area contributed by atoms with Crippen molar-refractivity contribution in [2.75, 3.05) is 32.8 Å². The fourth-order valence-corrected chi connectivity index (χ4v) is 3.26. The van der Waals surface area contributed by atoms with Gasteiger partial charge in [0, 0.05) is 31.6 Å². The first-order valence-corrected chi connectivity index (χ1v) is 8.93. The van der Waals surface area contributed by atoms with Gasteiger partial charge in [0.05, 0.1) is 19.3 Å². The molecule has 0 radical (unpaired) electrons. The van der Waals surface area contributed by atoms with Gasteiger partial charge in [-0.05, 0) is 18.4 Å². The molecule has 0 bridgehead atoms. The van der Waals surface area contributed by atoms with Crippen LogP contribution in [0.1, 0.15) is 46.6 Å². The van der Waals surface area contributed by atoms with Crippen LogP contribution in [-0.2, 0) is 4.74 Å². The van der Waals surface area contributed by atoms with E-state index >= 15 is 0 Å². The number of morpholine rings is 1. The molecule has 132 valence electrons. The zero-order valence-corrected chi connectivity index (χ0v) is 14.2. The highest BCUT2D eigenvalue weighted by Crippen LogP contribution is 2.40. The predicted octanol–water partition coefficient (Wildman–Crippen LogP) is 2.36. The normalized spacial score (nSPS) is 19.5. The van der Waals surface area contributed by atoms with Crippen molar-refractivity contribution in [3.8, 4) is 0 Å². The number of ether oxygens (including phenoxy) is 1. The van der Waals surface area contributed by atoms with Gasteiger partial charge in [-0.25, -0.2) is 0 Å². The second-order valence-corrected chi connectivity index (χ2v) is 6.67. The Morgan fingerprint density at radius 3 is 2.72 bits per heavy atom. The molecule has 1 aromatic heterocycles. The minimum Gasteiger partial charge on any atom is -0.379 e. The van der Waals surface area contributed by atoms with Crippen molar-refractivity contribution in [2.45, 2.75) is 24.8 Å². The van der Waals surface area contributed by atoms with Crippen molar-refractivity contribution in [2.24, 2.45) is 0 Å². The highest BCUT2D eigenvalue weighted by molar-refractivity contribution is 5.92. The number of benzene rings is 1. The molecule has 1 amide bonds. The van der Waals surface area contributed by atoms with Crippen LogP contribution >= 0.6 is 0 Å². The summed E-state index contributed by atoms with van der Waals surface area (Å²) in [6, 6.07) is 12.2. The van der Waals surface area contributed by atoms with E-state index in [1.54, 1.807) is 6.07 Å². The summed E-state index contributed by atoms with van der Waals surface area (Å²) in [5, 5.41) is 6.94.